The van der Waals surface area contributed by atoms with Gasteiger partial charge in [-0.2, -0.15) is 4.37 Å². The number of aryl methyl sites for hydroxylation is 1. The van der Waals surface area contributed by atoms with E-state index in [9.17, 15) is 4.79 Å². The molecule has 108 valence electrons. The van der Waals surface area contributed by atoms with Crippen LogP contribution in [0.15, 0.2) is 0 Å². The van der Waals surface area contributed by atoms with Crippen molar-refractivity contribution in [1.29, 1.82) is 0 Å². The van der Waals surface area contributed by atoms with Crippen molar-refractivity contribution < 1.29 is 14.3 Å². The summed E-state index contributed by atoms with van der Waals surface area (Å²) in [5, 5.41) is 4.09. The zero-order chi connectivity index (χ0) is 14.4. The number of hydrogen-bond acceptors (Lipinski definition) is 6. The maximum absolute atomic E-state index is 11.9. The maximum atomic E-state index is 11.9. The van der Waals surface area contributed by atoms with E-state index in [2.05, 4.69) is 23.5 Å². The van der Waals surface area contributed by atoms with E-state index in [1.54, 1.807) is 14.0 Å². The second-order valence-corrected chi connectivity index (χ2v) is 5.42. The number of carbonyl (C=O) groups excluding carboxylic acids is 1. The minimum Gasteiger partial charge on any atom is -0.462 e. The Balaban J connectivity index is 2.91. The lowest BCUT2D eigenvalue weighted by Gasteiger charge is -2.22. The minimum absolute atomic E-state index is 0.137. The Morgan fingerprint density at radius 3 is 2.68 bits per heavy atom. The van der Waals surface area contributed by atoms with Crippen molar-refractivity contribution in [3.8, 4) is 0 Å². The normalized spacial score (nSPS) is 12.5. The Labute approximate surface area is 118 Å². The summed E-state index contributed by atoms with van der Waals surface area (Å²) in [7, 11) is 1.67. The average molecular weight is 286 g/mol. The van der Waals surface area contributed by atoms with Crippen LogP contribution < -0.4 is 5.32 Å². The van der Waals surface area contributed by atoms with Crippen LogP contribution in [0.5, 0.6) is 0 Å². The number of ether oxygens (including phenoxy) is 2. The van der Waals surface area contributed by atoms with Crippen LogP contribution in [-0.4, -0.2) is 36.7 Å². The lowest BCUT2D eigenvalue weighted by atomic mass is 10.1. The lowest BCUT2D eigenvalue weighted by molar-refractivity contribution is 0.0526. The average Bonchev–Trinajstić information content (AvgIpc) is 2.70. The van der Waals surface area contributed by atoms with Gasteiger partial charge in [-0.15, -0.1) is 0 Å². The molecule has 0 saturated heterocycles. The van der Waals surface area contributed by atoms with Gasteiger partial charge in [0.15, 0.2) is 0 Å². The number of anilines is 1. The minimum atomic E-state index is -0.323. The van der Waals surface area contributed by atoms with Gasteiger partial charge in [-0.25, -0.2) is 4.79 Å². The molecule has 5 nitrogen and oxygen atoms in total. The van der Waals surface area contributed by atoms with E-state index in [1.807, 2.05) is 6.92 Å². The fraction of sp³-hybridized carbons (Fsp3) is 0.692. The highest BCUT2D eigenvalue weighted by atomic mass is 32.1. The van der Waals surface area contributed by atoms with Crippen molar-refractivity contribution in [3.63, 3.8) is 0 Å². The van der Waals surface area contributed by atoms with Crippen LogP contribution in [0.3, 0.4) is 0 Å². The number of hydrogen-bond donors (Lipinski definition) is 1. The molecule has 0 saturated carbocycles. The summed E-state index contributed by atoms with van der Waals surface area (Å²) in [6.45, 7) is 8.76. The zero-order valence-electron chi connectivity index (χ0n) is 12.1. The summed E-state index contributed by atoms with van der Waals surface area (Å²) in [6.07, 6.45) is 0. The Morgan fingerprint density at radius 1 is 1.47 bits per heavy atom. The predicted molar refractivity (Wildman–Crippen MR) is 76.9 cm³/mol. The molecule has 1 aromatic heterocycles. The van der Waals surface area contributed by atoms with Crippen LogP contribution in [0.4, 0.5) is 5.00 Å². The Hall–Kier alpha value is -1.14. The van der Waals surface area contributed by atoms with Gasteiger partial charge in [0.1, 0.15) is 10.6 Å². The first-order chi connectivity index (χ1) is 9.01. The van der Waals surface area contributed by atoms with E-state index in [0.717, 1.165) is 5.00 Å². The van der Waals surface area contributed by atoms with Crippen molar-refractivity contribution >= 4 is 22.5 Å². The molecule has 0 amide bonds. The second-order valence-electron chi connectivity index (χ2n) is 4.64. The quantitative estimate of drug-likeness (QED) is 0.781. The van der Waals surface area contributed by atoms with E-state index >= 15 is 0 Å². The number of aromatic nitrogens is 1. The first-order valence-electron chi connectivity index (χ1n) is 6.40. The fourth-order valence-corrected chi connectivity index (χ4v) is 2.51. The van der Waals surface area contributed by atoms with Gasteiger partial charge in [-0.1, -0.05) is 13.8 Å². The van der Waals surface area contributed by atoms with E-state index in [0.29, 0.717) is 30.4 Å². The van der Waals surface area contributed by atoms with Crippen molar-refractivity contribution in [2.75, 3.05) is 25.6 Å². The van der Waals surface area contributed by atoms with Crippen LogP contribution in [0.1, 0.15) is 36.8 Å². The number of methoxy groups -OCH3 is 1. The van der Waals surface area contributed by atoms with Crippen molar-refractivity contribution in [3.05, 3.63) is 11.3 Å². The molecule has 0 fully saturated rings. The van der Waals surface area contributed by atoms with Gasteiger partial charge in [-0.05, 0) is 31.3 Å². The summed E-state index contributed by atoms with van der Waals surface area (Å²) >= 11 is 1.28. The molecule has 1 atom stereocenters. The zero-order valence-corrected chi connectivity index (χ0v) is 13.0. The summed E-state index contributed by atoms with van der Waals surface area (Å²) in [5.74, 6) is 0.0635. The molecule has 1 N–H and O–H groups in total. The summed E-state index contributed by atoms with van der Waals surface area (Å²) in [6, 6.07) is 0.137. The maximum Gasteiger partial charge on any atom is 0.343 e. The summed E-state index contributed by atoms with van der Waals surface area (Å²) in [4.78, 5) is 11.9. The van der Waals surface area contributed by atoms with Crippen LogP contribution in [-0.2, 0) is 9.47 Å². The van der Waals surface area contributed by atoms with Crippen molar-refractivity contribution in [1.82, 2.24) is 4.37 Å². The highest BCUT2D eigenvalue weighted by molar-refractivity contribution is 7.10. The molecule has 1 heterocycles. The topological polar surface area (TPSA) is 60.5 Å². The molecule has 0 bridgehead atoms. The highest BCUT2D eigenvalue weighted by Crippen LogP contribution is 2.27. The number of nitrogens with one attached hydrogen (secondary N) is 1. The lowest BCUT2D eigenvalue weighted by Crippen LogP contribution is -2.30. The molecular weight excluding hydrogens is 264 g/mol. The number of nitrogens with zero attached hydrogens (tertiary/aromatic N) is 1. The molecule has 1 rings (SSSR count). The molecule has 0 aliphatic carbocycles. The van der Waals surface area contributed by atoms with Gasteiger partial charge in [0.2, 0.25) is 0 Å². The highest BCUT2D eigenvalue weighted by Gasteiger charge is 2.22. The molecule has 0 aliphatic rings. The van der Waals surface area contributed by atoms with Crippen LogP contribution in [0.25, 0.3) is 0 Å². The molecule has 0 spiro atoms. The SMILES string of the molecule is CCOC(=O)c1c(C)nsc1NC(COC)C(C)C. The number of esters is 1. The van der Waals surface area contributed by atoms with Crippen molar-refractivity contribution in [2.45, 2.75) is 33.7 Å². The Bertz CT molecular complexity index is 418. The monoisotopic (exact) mass is 286 g/mol. The number of carbonyl (C=O) groups is 1. The van der Waals surface area contributed by atoms with Crippen LogP contribution in [0.2, 0.25) is 0 Å². The molecule has 1 unspecified atom stereocenters. The van der Waals surface area contributed by atoms with E-state index in [1.165, 1.54) is 11.5 Å². The van der Waals surface area contributed by atoms with Gasteiger partial charge in [0.05, 0.1) is 24.9 Å². The smallest absolute Gasteiger partial charge is 0.343 e. The van der Waals surface area contributed by atoms with Gasteiger partial charge in [-0.3, -0.25) is 0 Å². The first-order valence-corrected chi connectivity index (χ1v) is 7.17. The molecular formula is C13H22N2O3S. The van der Waals surface area contributed by atoms with Gasteiger partial charge < -0.3 is 14.8 Å². The molecule has 0 aliphatic heterocycles. The van der Waals surface area contributed by atoms with Crippen LogP contribution >= 0.6 is 11.5 Å². The van der Waals surface area contributed by atoms with Gasteiger partial charge >= 0.3 is 5.97 Å². The Morgan fingerprint density at radius 2 is 2.16 bits per heavy atom. The molecule has 0 aromatic carbocycles. The first kappa shape index (κ1) is 15.9. The van der Waals surface area contributed by atoms with E-state index in [4.69, 9.17) is 9.47 Å². The predicted octanol–water partition coefficient (Wildman–Crippen LogP) is 2.71. The number of rotatable bonds is 7. The van der Waals surface area contributed by atoms with Crippen LogP contribution in [0, 0.1) is 12.8 Å². The van der Waals surface area contributed by atoms with Crippen molar-refractivity contribution in [2.24, 2.45) is 5.92 Å². The third kappa shape index (κ3) is 4.18. The van der Waals surface area contributed by atoms with E-state index in [-0.39, 0.29) is 12.0 Å². The molecule has 1 aromatic rings. The summed E-state index contributed by atoms with van der Waals surface area (Å²) < 4.78 is 14.5. The second kappa shape index (κ2) is 7.45. The molecule has 0 radical (unpaired) electrons. The standard InChI is InChI=1S/C13H22N2O3S/c1-6-18-13(16)11-9(4)15-19-12(11)14-10(7-17-5)8(2)3/h8,10,14H,6-7H2,1-5H3. The molecule has 6 heteroatoms. The Kier molecular flexibility index (Phi) is 6.24. The van der Waals surface area contributed by atoms with Gasteiger partial charge in [0, 0.05) is 7.11 Å². The largest absolute Gasteiger partial charge is 0.462 e. The fourth-order valence-electron chi connectivity index (χ4n) is 1.66. The van der Waals surface area contributed by atoms with Gasteiger partial charge in [0.25, 0.3) is 0 Å². The third-order valence-electron chi connectivity index (χ3n) is 2.81. The third-order valence-corrected chi connectivity index (χ3v) is 3.68. The summed E-state index contributed by atoms with van der Waals surface area (Å²) in [5.41, 5.74) is 1.24. The molecule has 19 heavy (non-hydrogen) atoms. The van der Waals surface area contributed by atoms with E-state index < -0.39 is 0 Å².